The van der Waals surface area contributed by atoms with Gasteiger partial charge in [0.25, 0.3) is 0 Å². The van der Waals surface area contributed by atoms with Gasteiger partial charge in [-0.3, -0.25) is 4.99 Å². The lowest BCUT2D eigenvalue weighted by Crippen LogP contribution is -2.10. The molecule has 126 valence electrons. The molecule has 2 nitrogen and oxygen atoms in total. The maximum Gasteiger partial charge on any atom is 0.0716 e. The highest BCUT2D eigenvalue weighted by molar-refractivity contribution is 5.92. The number of nitrogens with zero attached hydrogens (tertiary/aromatic N) is 1. The summed E-state index contributed by atoms with van der Waals surface area (Å²) in [5.41, 5.74) is 6.58. The number of aliphatic imine (C=N–C) groups is 1. The first-order chi connectivity index (χ1) is 11.2. The van der Waals surface area contributed by atoms with Crippen LogP contribution in [0.3, 0.4) is 0 Å². The predicted octanol–water partition coefficient (Wildman–Crippen LogP) is 6.40. The van der Waals surface area contributed by atoms with Crippen molar-refractivity contribution in [3.63, 3.8) is 0 Å². The molecule has 0 bridgehead atoms. The van der Waals surface area contributed by atoms with Crippen molar-refractivity contribution >= 4 is 17.6 Å². The summed E-state index contributed by atoms with van der Waals surface area (Å²) < 4.78 is 0. The van der Waals surface area contributed by atoms with Crippen LogP contribution in [-0.4, -0.2) is 11.9 Å². The minimum Gasteiger partial charge on any atom is -0.308 e. The monoisotopic (exact) mass is 320 g/mol. The molecule has 1 N–H and O–H groups in total. The molecule has 0 fully saturated rings. The Morgan fingerprint density at radius 3 is 2.08 bits per heavy atom. The summed E-state index contributed by atoms with van der Waals surface area (Å²) >= 11 is 0. The lowest BCUT2D eigenvalue weighted by molar-refractivity contribution is 0.590. The first-order valence-corrected chi connectivity index (χ1v) is 8.53. The first kappa shape index (κ1) is 18.1. The van der Waals surface area contributed by atoms with Crippen molar-refractivity contribution in [2.45, 2.75) is 47.0 Å². The molecule has 2 heteroatoms. The highest BCUT2D eigenvalue weighted by atomic mass is 14.8. The van der Waals surface area contributed by atoms with Crippen LogP contribution in [0.1, 0.15) is 52.7 Å². The summed E-state index contributed by atoms with van der Waals surface area (Å²) in [5.74, 6) is 0.410. The number of hydrogen-bond acceptors (Lipinski definition) is 2. The molecule has 2 aromatic rings. The van der Waals surface area contributed by atoms with Crippen LogP contribution in [0.25, 0.3) is 11.1 Å². The van der Waals surface area contributed by atoms with Gasteiger partial charge in [-0.15, -0.1) is 0 Å². The zero-order valence-electron chi connectivity index (χ0n) is 15.6. The van der Waals surface area contributed by atoms with Gasteiger partial charge in [-0.25, -0.2) is 0 Å². The average Bonchev–Trinajstić information content (AvgIpc) is 2.54. The molecule has 0 aliphatic rings. The van der Waals surface area contributed by atoms with Gasteiger partial charge in [-0.2, -0.15) is 0 Å². The van der Waals surface area contributed by atoms with Gasteiger partial charge in [0.1, 0.15) is 0 Å². The van der Waals surface area contributed by atoms with Crippen LogP contribution in [-0.2, 0) is 5.41 Å². The summed E-state index contributed by atoms with van der Waals surface area (Å²) in [7, 11) is 0. The molecule has 0 aromatic heterocycles. The Kier molecular flexibility index (Phi) is 5.38. The quantitative estimate of drug-likeness (QED) is 0.633. The summed E-state index contributed by atoms with van der Waals surface area (Å²) in [5, 5.41) is 7.72. The molecule has 0 unspecified atom stereocenters. The minimum absolute atomic E-state index is 0.158. The number of hydrogen-bond donors (Lipinski definition) is 1. The molecule has 0 saturated heterocycles. The molecule has 2 rings (SSSR count). The molecule has 0 atom stereocenters. The molecular weight excluding hydrogens is 292 g/mol. The average molecular weight is 320 g/mol. The topological polar surface area (TPSA) is 36.2 Å². The van der Waals surface area contributed by atoms with E-state index in [4.69, 9.17) is 5.41 Å². The van der Waals surface area contributed by atoms with Crippen molar-refractivity contribution in [1.29, 1.82) is 5.41 Å². The molecule has 0 radical (unpaired) electrons. The standard InChI is InChI=1S/C22H28N2/c1-15(2)16(3)24-21-12-9-18(13-19(21)14-23)17-7-10-20(11-8-17)22(4,5)6/h7-15,23H,1-6H3/b23-14?,24-16+. The Balaban J connectivity index is 2.39. The van der Waals surface area contributed by atoms with E-state index in [9.17, 15) is 0 Å². The van der Waals surface area contributed by atoms with Gasteiger partial charge in [-0.05, 0) is 47.1 Å². The van der Waals surface area contributed by atoms with Crippen molar-refractivity contribution < 1.29 is 0 Å². The molecule has 0 saturated carbocycles. The highest BCUT2D eigenvalue weighted by Gasteiger charge is 2.13. The van der Waals surface area contributed by atoms with Gasteiger partial charge in [0.2, 0.25) is 0 Å². The van der Waals surface area contributed by atoms with E-state index in [1.165, 1.54) is 17.3 Å². The molecule has 2 aromatic carbocycles. The fourth-order valence-electron chi connectivity index (χ4n) is 2.43. The molecule has 0 aliphatic carbocycles. The van der Waals surface area contributed by atoms with Gasteiger partial charge in [0.05, 0.1) is 5.69 Å². The van der Waals surface area contributed by atoms with Gasteiger partial charge in [0.15, 0.2) is 0 Å². The Bertz CT molecular complexity index is 745. The van der Waals surface area contributed by atoms with Crippen molar-refractivity contribution in [2.75, 3.05) is 0 Å². The summed E-state index contributed by atoms with van der Waals surface area (Å²) in [6.07, 6.45) is 1.39. The predicted molar refractivity (Wildman–Crippen MR) is 106 cm³/mol. The first-order valence-electron chi connectivity index (χ1n) is 8.53. The second-order valence-corrected chi connectivity index (χ2v) is 7.65. The van der Waals surface area contributed by atoms with Crippen LogP contribution in [0.2, 0.25) is 0 Å². The number of rotatable bonds is 4. The van der Waals surface area contributed by atoms with Crippen molar-refractivity contribution in [1.82, 2.24) is 0 Å². The largest absolute Gasteiger partial charge is 0.308 e. The van der Waals surface area contributed by atoms with Crippen LogP contribution >= 0.6 is 0 Å². The van der Waals surface area contributed by atoms with Crippen LogP contribution in [0.15, 0.2) is 47.5 Å². The van der Waals surface area contributed by atoms with Crippen molar-refractivity contribution in [3.8, 4) is 11.1 Å². The molecule has 24 heavy (non-hydrogen) atoms. The van der Waals surface area contributed by atoms with E-state index in [1.54, 1.807) is 0 Å². The van der Waals surface area contributed by atoms with E-state index in [0.717, 1.165) is 22.5 Å². The maximum atomic E-state index is 7.72. The van der Waals surface area contributed by atoms with E-state index in [-0.39, 0.29) is 5.41 Å². The minimum atomic E-state index is 0.158. The van der Waals surface area contributed by atoms with E-state index in [0.29, 0.717) is 5.92 Å². The molecule has 0 amide bonds. The third kappa shape index (κ3) is 4.19. The molecule has 0 aliphatic heterocycles. The third-order valence-corrected chi connectivity index (χ3v) is 4.40. The second-order valence-electron chi connectivity index (χ2n) is 7.65. The zero-order chi connectivity index (χ0) is 17.9. The maximum absolute atomic E-state index is 7.72. The van der Waals surface area contributed by atoms with Crippen molar-refractivity contribution in [3.05, 3.63) is 53.6 Å². The smallest absolute Gasteiger partial charge is 0.0716 e. The van der Waals surface area contributed by atoms with Gasteiger partial charge < -0.3 is 5.41 Å². The molecule has 0 heterocycles. The Hall–Kier alpha value is -2.22. The van der Waals surface area contributed by atoms with Gasteiger partial charge >= 0.3 is 0 Å². The van der Waals surface area contributed by atoms with E-state index in [1.807, 2.05) is 19.1 Å². The van der Waals surface area contributed by atoms with E-state index >= 15 is 0 Å². The Morgan fingerprint density at radius 2 is 1.58 bits per heavy atom. The lowest BCUT2D eigenvalue weighted by Gasteiger charge is -2.19. The van der Waals surface area contributed by atoms with Crippen LogP contribution in [0.5, 0.6) is 0 Å². The second kappa shape index (κ2) is 7.12. The summed E-state index contributed by atoms with van der Waals surface area (Å²) in [4.78, 5) is 4.68. The molecule has 0 spiro atoms. The van der Waals surface area contributed by atoms with Gasteiger partial charge in [0, 0.05) is 17.5 Å². The third-order valence-electron chi connectivity index (χ3n) is 4.40. The van der Waals surface area contributed by atoms with Crippen LogP contribution in [0.4, 0.5) is 5.69 Å². The molecular formula is C22H28N2. The summed E-state index contributed by atoms with van der Waals surface area (Å²) in [6, 6.07) is 14.8. The Morgan fingerprint density at radius 1 is 1.00 bits per heavy atom. The highest BCUT2D eigenvalue weighted by Crippen LogP contribution is 2.29. The van der Waals surface area contributed by atoms with E-state index in [2.05, 4.69) is 69.9 Å². The number of benzene rings is 2. The van der Waals surface area contributed by atoms with Gasteiger partial charge in [-0.1, -0.05) is 65.0 Å². The van der Waals surface area contributed by atoms with Crippen LogP contribution in [0, 0.1) is 11.3 Å². The van der Waals surface area contributed by atoms with E-state index < -0.39 is 0 Å². The fourth-order valence-corrected chi connectivity index (χ4v) is 2.43. The van der Waals surface area contributed by atoms with Crippen LogP contribution < -0.4 is 0 Å². The van der Waals surface area contributed by atoms with Crippen molar-refractivity contribution in [2.24, 2.45) is 10.9 Å². The fraction of sp³-hybridized carbons (Fsp3) is 0.364. The normalized spacial score (nSPS) is 12.5. The number of nitrogens with one attached hydrogen (secondary N) is 1. The lowest BCUT2D eigenvalue weighted by atomic mass is 9.86. The SMILES string of the molecule is C/C(=N\c1ccc(-c2ccc(C(C)(C)C)cc2)cc1C=N)C(C)C. The zero-order valence-corrected chi connectivity index (χ0v) is 15.6. The Labute approximate surface area is 146 Å². The summed E-state index contributed by atoms with van der Waals surface area (Å²) in [6.45, 7) is 13.0.